The molecule has 20 heteroatoms. The zero-order valence-corrected chi connectivity index (χ0v) is 50.4. The number of nitrogens with zero attached hydrogens (tertiary/aromatic N) is 1. The van der Waals surface area contributed by atoms with Gasteiger partial charge in [0.25, 0.3) is 0 Å². The minimum Gasteiger partial charge on any atom is -0.0603 e. The number of ketones is 1. The van der Waals surface area contributed by atoms with E-state index in [9.17, 15) is 38.4 Å². The molecule has 18 nitrogen and oxygen atoms in total. The van der Waals surface area contributed by atoms with Gasteiger partial charge >= 0.3 is 141 Å². The predicted molar refractivity (Wildman–Crippen MR) is 291 cm³/mol. The van der Waals surface area contributed by atoms with Gasteiger partial charge < -0.3 is 41.8 Å². The van der Waals surface area contributed by atoms with Crippen LogP contribution in [0.25, 0.3) is 0 Å². The van der Waals surface area contributed by atoms with Crippen LogP contribution in [0.3, 0.4) is 0 Å². The second-order valence-electron chi connectivity index (χ2n) is 20.4. The minimum absolute atomic E-state index is 0.00503. The Morgan fingerprint density at radius 3 is 1.82 bits per heavy atom. The van der Waals surface area contributed by atoms with Crippen LogP contribution in [0.5, 0.6) is 5.75 Å². The zero-order valence-electron chi connectivity index (χ0n) is 45.1. The number of ether oxygens (including phenoxy) is 3. The van der Waals surface area contributed by atoms with Crippen LogP contribution in [0, 0.1) is 17.8 Å². The van der Waals surface area contributed by atoms with Gasteiger partial charge in [-0.3, -0.25) is 28.9 Å². The summed E-state index contributed by atoms with van der Waals surface area (Å²) in [6.45, 7) is 22.4. The molecule has 0 saturated carbocycles. The van der Waals surface area contributed by atoms with Crippen molar-refractivity contribution >= 4 is 87.9 Å². The maximum Gasteiger partial charge on any atom is -0.0176 e. The van der Waals surface area contributed by atoms with Gasteiger partial charge in [0.2, 0.25) is 29.5 Å². The quantitative estimate of drug-likeness (QED) is 0.0431. The molecule has 0 aliphatic rings. The number of carbonyl (C=O) groups excluding carboxylic acids is 8. The third kappa shape index (κ3) is 23.8. The van der Waals surface area contributed by atoms with E-state index >= 15 is 0 Å². The van der Waals surface area contributed by atoms with E-state index in [0.29, 0.717) is 37.2 Å². The van der Waals surface area contributed by atoms with E-state index in [-0.39, 0.29) is 50.0 Å². The van der Waals surface area contributed by atoms with Gasteiger partial charge in [0.05, 0.1) is 6.04 Å². The number of esters is 1. The van der Waals surface area contributed by atoms with Crippen LogP contribution in [0.15, 0.2) is 48.5 Å². The zero-order chi connectivity index (χ0) is 55.2. The molecule has 0 aliphatic heterocycles. The summed E-state index contributed by atoms with van der Waals surface area (Å²) >= 11 is 2.00. The molecule has 0 unspecified atom stereocenters. The average Bonchev–Trinajstić information content (AvgIpc) is 3.32. The molecule has 0 spiro atoms. The van der Waals surface area contributed by atoms with Crippen LogP contribution in [-0.4, -0.2) is 126 Å². The summed E-state index contributed by atoms with van der Waals surface area (Å²) in [6, 6.07) is 8.36. The van der Waals surface area contributed by atoms with Crippen molar-refractivity contribution in [3.63, 3.8) is 0 Å². The van der Waals surface area contributed by atoms with Gasteiger partial charge in [-0.05, 0) is 78.6 Å². The van der Waals surface area contributed by atoms with Crippen LogP contribution >= 0.6 is 18.0 Å². The number of hydrogen-bond acceptors (Lipinski definition) is 12. The molecule has 0 saturated heterocycles. The van der Waals surface area contributed by atoms with Gasteiger partial charge in [-0.15, -0.1) is 0 Å². The summed E-state index contributed by atoms with van der Waals surface area (Å²) in [4.78, 5) is 109. The van der Waals surface area contributed by atoms with Crippen molar-refractivity contribution in [2.24, 2.45) is 23.5 Å². The molecular weight excluding hydrogens is 1250 g/mol. The van der Waals surface area contributed by atoms with Gasteiger partial charge in [0.1, 0.15) is 41.6 Å². The molecule has 408 valence electrons. The van der Waals surface area contributed by atoms with E-state index in [1.165, 1.54) is 28.9 Å². The number of benzene rings is 2. The molecule has 0 bridgehead atoms. The van der Waals surface area contributed by atoms with Crippen molar-refractivity contribution in [3.8, 4) is 5.75 Å². The van der Waals surface area contributed by atoms with Gasteiger partial charge in [-0.2, -0.15) is 0 Å². The Morgan fingerprint density at radius 1 is 0.712 bits per heavy atom. The average molecular weight is 1330 g/mol. The first-order valence-electron chi connectivity index (χ1n) is 25.2. The Balaban J connectivity index is 2.22. The van der Waals surface area contributed by atoms with E-state index < -0.39 is 115 Å². The maximum absolute atomic E-state index is 14.2. The Morgan fingerprint density at radius 2 is 1.29 bits per heavy atom. The van der Waals surface area contributed by atoms with Crippen LogP contribution in [0.4, 0.5) is 4.79 Å². The van der Waals surface area contributed by atoms with Gasteiger partial charge in [0.15, 0.2) is 0 Å². The van der Waals surface area contributed by atoms with Crippen LogP contribution in [0.1, 0.15) is 140 Å². The maximum atomic E-state index is 14.2. The molecule has 6 amide bonds. The summed E-state index contributed by atoms with van der Waals surface area (Å²) in [5, 5.41) is 14.0. The minimum atomic E-state index is -1.23. The Hall–Kier alpha value is -4.41. The molecule has 0 aromatic heterocycles. The fourth-order valence-corrected chi connectivity index (χ4v) is 10.9. The van der Waals surface area contributed by atoms with Crippen LogP contribution in [0.2, 0.25) is 0 Å². The fraction of sp³-hybridized carbons (Fsp3) is 0.623. The SMILES string of the molecule is CCC[C@H](NC(=O)[C@@H](NC(=O)[C@@H](N)CCC(C)=O)[C@@H](C)CC)C(=O)N[C@@H](CC(C)C)CN(C(=O)OC(C)(C)C)[C@@H](C)C(=O)N[C@H](C(=O)N[C@@H](C)C(=O)OCc1ccc(OCc2cc[c]([Po][I])cc2)cc1)C(C)C. The van der Waals surface area contributed by atoms with Crippen molar-refractivity contribution in [2.45, 2.75) is 190 Å². The van der Waals surface area contributed by atoms with Crippen molar-refractivity contribution in [2.75, 3.05) is 6.54 Å². The number of hydrogen-bond donors (Lipinski definition) is 6. The second-order valence-corrected chi connectivity index (χ2v) is 26.7. The number of halogens is 1. The normalized spacial score (nSPS) is 14.8. The van der Waals surface area contributed by atoms with Crippen LogP contribution in [-0.2, 0) is 56.2 Å². The molecule has 2 rings (SSSR count). The first-order valence-corrected chi connectivity index (χ1v) is 35.7. The molecule has 0 radical (unpaired) electrons. The molecule has 8 atom stereocenters. The summed E-state index contributed by atoms with van der Waals surface area (Å²) in [7, 11) is 0. The number of amides is 6. The monoisotopic (exact) mass is 1330 g/mol. The Kier molecular flexibility index (Phi) is 28.5. The molecule has 7 N–H and O–H groups in total. The summed E-state index contributed by atoms with van der Waals surface area (Å²) in [5.41, 5.74) is 6.86. The predicted octanol–water partition coefficient (Wildman–Crippen LogP) is 5.30. The number of Topliss-reactive ketones (excluding diaryl/α,β-unsaturated/α-hetero) is 1. The van der Waals surface area contributed by atoms with Crippen molar-refractivity contribution < 1.29 is 52.6 Å². The van der Waals surface area contributed by atoms with Gasteiger partial charge in [-0.25, -0.2) is 9.59 Å². The fourth-order valence-electron chi connectivity index (χ4n) is 7.35. The van der Waals surface area contributed by atoms with E-state index in [2.05, 4.69) is 68.8 Å². The first kappa shape index (κ1) is 64.7. The smallest absolute Gasteiger partial charge is 0.0176 e. The number of nitrogens with two attached hydrogens (primary N) is 1. The third-order valence-electron chi connectivity index (χ3n) is 11.8. The molecular formula is C53H82IN7O11Po. The van der Waals surface area contributed by atoms with E-state index in [0.717, 1.165) is 5.56 Å². The summed E-state index contributed by atoms with van der Waals surface area (Å²) < 4.78 is 18.6. The number of nitrogens with one attached hydrogen (secondary N) is 5. The van der Waals surface area contributed by atoms with Crippen molar-refractivity contribution in [3.05, 3.63) is 59.7 Å². The summed E-state index contributed by atoms with van der Waals surface area (Å²) in [5.74, 6) is -3.97. The van der Waals surface area contributed by atoms with Gasteiger partial charge in [0, 0.05) is 19.0 Å². The molecule has 0 heterocycles. The van der Waals surface area contributed by atoms with E-state index in [1.807, 2.05) is 27.7 Å². The topological polar surface area (TPSA) is 254 Å². The third-order valence-corrected chi connectivity index (χ3v) is 18.0. The van der Waals surface area contributed by atoms with Crippen molar-refractivity contribution in [1.29, 1.82) is 0 Å². The Bertz CT molecular complexity index is 2120. The molecule has 73 heavy (non-hydrogen) atoms. The van der Waals surface area contributed by atoms with Crippen molar-refractivity contribution in [1.82, 2.24) is 31.5 Å². The summed E-state index contributed by atoms with van der Waals surface area (Å²) in [6.07, 6.45) is 1.02. The number of carbonyl (C=O) groups is 8. The molecule has 0 aliphatic carbocycles. The first-order chi connectivity index (χ1) is 34.2. The number of rotatable bonds is 30. The largest absolute Gasteiger partial charge is 0.0603 e. The van der Waals surface area contributed by atoms with Gasteiger partial charge in [-0.1, -0.05) is 61.3 Å². The molecule has 2 aromatic carbocycles. The second kappa shape index (κ2) is 32.1. The Labute approximate surface area is 454 Å². The molecule has 2 aromatic rings. The standard InChI is InChI=1S/C53H82N7O11.HI.Po/c1-14-19-43(57-50(66)45(34(7)15-2)59-47(63)42(54)27-22-35(8)61)48(64)56-40(28-32(3)4)29-60(52(68)71-53(11,12)13)37(10)46(62)58-44(33(5)6)49(65)55-36(9)51(67)70-31-39-23-25-41(26-24-39)69-30-38-20-17-16-18-21-38;;/h17-18,20-21,23-26,32-34,36-37,40,42-45H,14-15,19,22,27-31,54H2,1-13H3,(H,55,65)(H,56,64)(H,57,66)(H,58,62)(H,59,63);1H;/q;;+1/p-1/t34-,36-,37-,40-,42-,43-,44-,45-;;/m0../s1. The van der Waals surface area contributed by atoms with E-state index in [4.69, 9.17) is 19.9 Å². The van der Waals surface area contributed by atoms with Crippen LogP contribution < -0.4 is 40.3 Å². The van der Waals surface area contributed by atoms with E-state index in [1.54, 1.807) is 65.8 Å². The molecule has 0 fully saturated rings.